The van der Waals surface area contributed by atoms with Crippen LogP contribution in [-0.4, -0.2) is 31.4 Å². The van der Waals surface area contributed by atoms with Crippen molar-refractivity contribution in [3.63, 3.8) is 0 Å². The molecule has 0 aromatic carbocycles. The molecule has 0 bridgehead atoms. The molecule has 30 heavy (non-hydrogen) atoms. The van der Waals surface area contributed by atoms with Gasteiger partial charge >= 0.3 is 0 Å². The summed E-state index contributed by atoms with van der Waals surface area (Å²) in [4.78, 5) is 13.8. The number of rotatable bonds is 23. The summed E-state index contributed by atoms with van der Waals surface area (Å²) in [5.74, 6) is -0.0196. The largest absolute Gasteiger partial charge is 0.369 e. The molecule has 0 aliphatic rings. The maximum atomic E-state index is 11.6. The minimum Gasteiger partial charge on any atom is -0.369 e. The molecule has 1 amide bonds. The second-order valence-electron chi connectivity index (χ2n) is 9.48. The lowest BCUT2D eigenvalue weighted by atomic mass is 9.95. The summed E-state index contributed by atoms with van der Waals surface area (Å²) >= 11 is 0. The number of primary amides is 1. The molecule has 0 saturated heterocycles. The van der Waals surface area contributed by atoms with E-state index < -0.39 is 0 Å². The molecule has 0 aliphatic carbocycles. The first-order valence-corrected chi connectivity index (χ1v) is 13.2. The van der Waals surface area contributed by atoms with E-state index in [0.29, 0.717) is 0 Å². The van der Waals surface area contributed by atoms with Gasteiger partial charge in [-0.2, -0.15) is 0 Å². The second kappa shape index (κ2) is 22.8. The summed E-state index contributed by atoms with van der Waals surface area (Å²) in [6, 6.07) is 0. The van der Waals surface area contributed by atoms with Gasteiger partial charge in [0.2, 0.25) is 5.91 Å². The molecule has 178 valence electrons. The third-order valence-corrected chi connectivity index (χ3v) is 6.12. The standard InChI is InChI=1S/C27H54N2O/c1-4-5-6-7-8-9-10-11-12-13-14-15-16-17-18-19-20-21-23-26(27(28)30)24-22-25-29(2)3/h11-12,26H,4-10,13-25H2,1-3H3,(H2,28,30)/b12-11-. The van der Waals surface area contributed by atoms with Crippen molar-refractivity contribution in [1.82, 2.24) is 4.90 Å². The predicted molar refractivity (Wildman–Crippen MR) is 134 cm³/mol. The van der Waals surface area contributed by atoms with Gasteiger partial charge in [-0.1, -0.05) is 96.1 Å². The molecule has 3 heteroatoms. The number of carbonyl (C=O) groups is 1. The van der Waals surface area contributed by atoms with Crippen LogP contribution < -0.4 is 5.73 Å². The van der Waals surface area contributed by atoms with Gasteiger partial charge in [-0.05, 0) is 65.6 Å². The molecule has 1 unspecified atom stereocenters. The highest BCUT2D eigenvalue weighted by molar-refractivity contribution is 5.76. The minimum absolute atomic E-state index is 0.0825. The fourth-order valence-electron chi connectivity index (χ4n) is 4.07. The lowest BCUT2D eigenvalue weighted by Crippen LogP contribution is -2.24. The number of hydrogen-bond acceptors (Lipinski definition) is 2. The van der Waals surface area contributed by atoms with Crippen LogP contribution in [0, 0.1) is 5.92 Å². The van der Waals surface area contributed by atoms with Gasteiger partial charge in [-0.3, -0.25) is 4.79 Å². The highest BCUT2D eigenvalue weighted by Gasteiger charge is 2.14. The number of nitrogens with zero attached hydrogens (tertiary/aromatic N) is 1. The summed E-state index contributed by atoms with van der Waals surface area (Å²) in [6.45, 7) is 3.32. The van der Waals surface area contributed by atoms with Crippen LogP contribution in [0.25, 0.3) is 0 Å². The van der Waals surface area contributed by atoms with Gasteiger partial charge in [-0.25, -0.2) is 0 Å². The molecule has 0 fully saturated rings. The molecule has 2 N–H and O–H groups in total. The van der Waals surface area contributed by atoms with Crippen molar-refractivity contribution in [1.29, 1.82) is 0 Å². The maximum absolute atomic E-state index is 11.6. The summed E-state index contributed by atoms with van der Waals surface area (Å²) in [5, 5.41) is 0. The number of allylic oxidation sites excluding steroid dienone is 2. The molecule has 0 aliphatic heterocycles. The Morgan fingerprint density at radius 2 is 1.13 bits per heavy atom. The van der Waals surface area contributed by atoms with Crippen LogP contribution >= 0.6 is 0 Å². The first-order chi connectivity index (χ1) is 14.6. The van der Waals surface area contributed by atoms with Gasteiger partial charge in [0.15, 0.2) is 0 Å². The van der Waals surface area contributed by atoms with E-state index in [9.17, 15) is 4.79 Å². The zero-order valence-electron chi connectivity index (χ0n) is 20.8. The van der Waals surface area contributed by atoms with Crippen molar-refractivity contribution in [3.05, 3.63) is 12.2 Å². The fourth-order valence-corrected chi connectivity index (χ4v) is 4.07. The number of unbranched alkanes of at least 4 members (excludes halogenated alkanes) is 14. The average Bonchev–Trinajstić information content (AvgIpc) is 2.71. The third-order valence-electron chi connectivity index (χ3n) is 6.12. The highest BCUT2D eigenvalue weighted by Crippen LogP contribution is 2.17. The quantitative estimate of drug-likeness (QED) is 0.136. The van der Waals surface area contributed by atoms with Gasteiger partial charge in [0.25, 0.3) is 0 Å². The summed E-state index contributed by atoms with van der Waals surface area (Å²) in [6.07, 6.45) is 29.2. The molecule has 1 atom stereocenters. The van der Waals surface area contributed by atoms with Crippen molar-refractivity contribution in [2.75, 3.05) is 20.6 Å². The van der Waals surface area contributed by atoms with E-state index in [1.54, 1.807) is 0 Å². The Morgan fingerprint density at radius 3 is 1.60 bits per heavy atom. The molecule has 0 spiro atoms. The van der Waals surface area contributed by atoms with Crippen LogP contribution in [0.3, 0.4) is 0 Å². The lowest BCUT2D eigenvalue weighted by Gasteiger charge is -2.15. The van der Waals surface area contributed by atoms with E-state index in [0.717, 1.165) is 32.2 Å². The van der Waals surface area contributed by atoms with E-state index in [1.807, 2.05) is 0 Å². The van der Waals surface area contributed by atoms with E-state index in [-0.39, 0.29) is 11.8 Å². The molecule has 0 heterocycles. The van der Waals surface area contributed by atoms with Gasteiger partial charge in [0.05, 0.1) is 0 Å². The van der Waals surface area contributed by atoms with Gasteiger partial charge < -0.3 is 10.6 Å². The Morgan fingerprint density at radius 1 is 0.700 bits per heavy atom. The van der Waals surface area contributed by atoms with E-state index >= 15 is 0 Å². The zero-order valence-corrected chi connectivity index (χ0v) is 20.8. The Bertz CT molecular complexity index is 392. The molecule has 0 radical (unpaired) electrons. The summed E-state index contributed by atoms with van der Waals surface area (Å²) in [5.41, 5.74) is 5.57. The van der Waals surface area contributed by atoms with Crippen LogP contribution in [0.1, 0.15) is 129 Å². The van der Waals surface area contributed by atoms with E-state index in [4.69, 9.17) is 5.73 Å². The monoisotopic (exact) mass is 422 g/mol. The van der Waals surface area contributed by atoms with Gasteiger partial charge in [0, 0.05) is 5.92 Å². The normalized spacial score (nSPS) is 12.8. The molecule has 0 saturated carbocycles. The fraction of sp³-hybridized carbons (Fsp3) is 0.889. The van der Waals surface area contributed by atoms with Crippen molar-refractivity contribution in [2.45, 2.75) is 129 Å². The number of hydrogen-bond donors (Lipinski definition) is 1. The highest BCUT2D eigenvalue weighted by atomic mass is 16.1. The van der Waals surface area contributed by atoms with Crippen molar-refractivity contribution < 1.29 is 4.79 Å². The predicted octanol–water partition coefficient (Wildman–Crippen LogP) is 7.64. The zero-order chi connectivity index (χ0) is 22.3. The minimum atomic E-state index is -0.102. The molecular formula is C27H54N2O. The third kappa shape index (κ3) is 21.9. The molecule has 0 rings (SSSR count). The van der Waals surface area contributed by atoms with Crippen molar-refractivity contribution in [2.24, 2.45) is 11.7 Å². The van der Waals surface area contributed by atoms with Crippen LogP contribution in [-0.2, 0) is 4.79 Å². The van der Waals surface area contributed by atoms with Crippen molar-refractivity contribution in [3.8, 4) is 0 Å². The summed E-state index contributed by atoms with van der Waals surface area (Å²) < 4.78 is 0. The average molecular weight is 423 g/mol. The van der Waals surface area contributed by atoms with E-state index in [1.165, 1.54) is 96.3 Å². The Labute approximate surface area is 189 Å². The molecule has 0 aromatic heterocycles. The van der Waals surface area contributed by atoms with Gasteiger partial charge in [0.1, 0.15) is 0 Å². The Hall–Kier alpha value is -0.830. The second-order valence-corrected chi connectivity index (χ2v) is 9.48. The number of nitrogens with two attached hydrogens (primary N) is 1. The van der Waals surface area contributed by atoms with Crippen LogP contribution in [0.15, 0.2) is 12.2 Å². The SMILES string of the molecule is CCCCCCCC/C=C\CCCCCCCCCCC(CCCN(C)C)C(N)=O. The number of amides is 1. The van der Waals surface area contributed by atoms with Gasteiger partial charge in [-0.15, -0.1) is 0 Å². The maximum Gasteiger partial charge on any atom is 0.220 e. The van der Waals surface area contributed by atoms with Crippen LogP contribution in [0.2, 0.25) is 0 Å². The van der Waals surface area contributed by atoms with E-state index in [2.05, 4.69) is 38.1 Å². The molecular weight excluding hydrogens is 368 g/mol. The first kappa shape index (κ1) is 29.2. The Kier molecular flexibility index (Phi) is 22.2. The first-order valence-electron chi connectivity index (χ1n) is 13.2. The lowest BCUT2D eigenvalue weighted by molar-refractivity contribution is -0.122. The topological polar surface area (TPSA) is 46.3 Å². The summed E-state index contributed by atoms with van der Waals surface area (Å²) in [7, 11) is 4.15. The Balaban J connectivity index is 3.37. The smallest absolute Gasteiger partial charge is 0.220 e. The molecule has 3 nitrogen and oxygen atoms in total. The van der Waals surface area contributed by atoms with Crippen molar-refractivity contribution >= 4 is 5.91 Å². The van der Waals surface area contributed by atoms with Crippen LogP contribution in [0.4, 0.5) is 0 Å². The van der Waals surface area contributed by atoms with Crippen LogP contribution in [0.5, 0.6) is 0 Å². The number of carbonyl (C=O) groups excluding carboxylic acids is 1. The molecule has 0 aromatic rings.